The topological polar surface area (TPSA) is 132 Å². The lowest BCUT2D eigenvalue weighted by molar-refractivity contribution is 0.100. The van der Waals surface area contributed by atoms with Crippen molar-refractivity contribution in [3.05, 3.63) is 54.0 Å². The minimum absolute atomic E-state index is 0. The Balaban J connectivity index is 0.00000245. The molecule has 2 aromatic heterocycles. The van der Waals surface area contributed by atoms with Crippen molar-refractivity contribution in [1.29, 1.82) is 0 Å². The molecule has 0 spiro atoms. The third-order valence-electron chi connectivity index (χ3n) is 6.43. The summed E-state index contributed by atoms with van der Waals surface area (Å²) >= 11 is 0. The van der Waals surface area contributed by atoms with Crippen LogP contribution in [-0.4, -0.2) is 40.8 Å². The van der Waals surface area contributed by atoms with E-state index in [-0.39, 0.29) is 37.0 Å². The van der Waals surface area contributed by atoms with Crippen molar-refractivity contribution >= 4 is 39.6 Å². The lowest BCUT2D eigenvalue weighted by Gasteiger charge is -2.16. The second-order valence-corrected chi connectivity index (χ2v) is 9.57. The zero-order valence-corrected chi connectivity index (χ0v) is 18.9. The van der Waals surface area contributed by atoms with Crippen molar-refractivity contribution in [3.8, 4) is 0 Å². The largest absolute Gasteiger partial charge is 0.393 e. The highest BCUT2D eigenvalue weighted by molar-refractivity contribution is 7.84. The second-order valence-electron chi connectivity index (χ2n) is 8.35. The molecule has 3 aromatic rings. The SMILES string of the molecule is Cl.NS(=O)(=O)OC[C@@H]1C[C@@H](n2ccc3c(N[C@H]4CCc5ccccc54)ncnc32)C[C@@H]1O. The molecule has 4 atom stereocenters. The number of rotatable bonds is 6. The normalized spacial score (nSPS) is 24.9. The molecule has 11 heteroatoms. The molecule has 172 valence electrons. The fourth-order valence-electron chi connectivity index (χ4n) is 4.92. The van der Waals surface area contributed by atoms with Crippen molar-refractivity contribution in [2.24, 2.45) is 11.1 Å². The van der Waals surface area contributed by atoms with Gasteiger partial charge >= 0.3 is 10.3 Å². The van der Waals surface area contributed by atoms with E-state index in [0.29, 0.717) is 12.8 Å². The lowest BCUT2D eigenvalue weighted by Crippen LogP contribution is -2.24. The lowest BCUT2D eigenvalue weighted by atomic mass is 10.1. The third-order valence-corrected chi connectivity index (χ3v) is 6.89. The summed E-state index contributed by atoms with van der Waals surface area (Å²) in [6, 6.07) is 10.6. The van der Waals surface area contributed by atoms with Crippen LogP contribution in [0, 0.1) is 5.92 Å². The van der Waals surface area contributed by atoms with Crippen LogP contribution in [0.3, 0.4) is 0 Å². The Hall–Kier alpha value is -2.24. The molecule has 2 aliphatic rings. The Morgan fingerprint density at radius 3 is 2.84 bits per heavy atom. The van der Waals surface area contributed by atoms with Gasteiger partial charge in [-0.25, -0.2) is 15.1 Å². The number of nitrogens with zero attached hydrogens (tertiary/aromatic N) is 3. The highest BCUT2D eigenvalue weighted by Gasteiger charge is 2.35. The molecule has 4 N–H and O–H groups in total. The van der Waals surface area contributed by atoms with Gasteiger partial charge in [-0.1, -0.05) is 24.3 Å². The van der Waals surface area contributed by atoms with E-state index >= 15 is 0 Å². The van der Waals surface area contributed by atoms with Crippen molar-refractivity contribution in [2.75, 3.05) is 11.9 Å². The Morgan fingerprint density at radius 2 is 2.03 bits per heavy atom. The maximum Gasteiger partial charge on any atom is 0.333 e. The first-order chi connectivity index (χ1) is 14.9. The number of nitrogens with two attached hydrogens (primary N) is 1. The molecule has 1 aromatic carbocycles. The summed E-state index contributed by atoms with van der Waals surface area (Å²) < 4.78 is 28.9. The van der Waals surface area contributed by atoms with Crippen molar-refractivity contribution < 1.29 is 17.7 Å². The molecule has 2 heterocycles. The molecule has 0 unspecified atom stereocenters. The summed E-state index contributed by atoms with van der Waals surface area (Å²) in [6.07, 6.45) is 5.96. The van der Waals surface area contributed by atoms with Crippen LogP contribution in [0.15, 0.2) is 42.9 Å². The molecular formula is C21H26ClN5O4S. The molecule has 1 saturated carbocycles. The predicted octanol–water partition coefficient (Wildman–Crippen LogP) is 2.48. The quantitative estimate of drug-likeness (QED) is 0.494. The van der Waals surface area contributed by atoms with Gasteiger partial charge in [0.15, 0.2) is 0 Å². The molecule has 0 bridgehead atoms. The summed E-state index contributed by atoms with van der Waals surface area (Å²) in [5.74, 6) is 0.480. The molecule has 1 fully saturated rings. The zero-order valence-electron chi connectivity index (χ0n) is 17.3. The van der Waals surface area contributed by atoms with Crippen LogP contribution in [-0.2, 0) is 20.9 Å². The van der Waals surface area contributed by atoms with Gasteiger partial charge in [0.05, 0.1) is 24.1 Å². The molecule has 0 saturated heterocycles. The summed E-state index contributed by atoms with van der Waals surface area (Å²) in [5.41, 5.74) is 3.47. The van der Waals surface area contributed by atoms with E-state index in [0.717, 1.165) is 29.7 Å². The van der Waals surface area contributed by atoms with E-state index < -0.39 is 16.4 Å². The highest BCUT2D eigenvalue weighted by atomic mass is 35.5. The molecule has 9 nitrogen and oxygen atoms in total. The van der Waals surface area contributed by atoms with Gasteiger partial charge in [0.2, 0.25) is 0 Å². The van der Waals surface area contributed by atoms with Gasteiger partial charge in [-0.2, -0.15) is 8.42 Å². The number of aromatic nitrogens is 3. The van der Waals surface area contributed by atoms with Gasteiger partial charge in [0.25, 0.3) is 0 Å². The van der Waals surface area contributed by atoms with Crippen LogP contribution in [0.5, 0.6) is 0 Å². The van der Waals surface area contributed by atoms with Gasteiger partial charge in [0, 0.05) is 18.2 Å². The van der Waals surface area contributed by atoms with E-state index in [2.05, 4.69) is 39.6 Å². The first-order valence-corrected chi connectivity index (χ1v) is 11.9. The summed E-state index contributed by atoms with van der Waals surface area (Å²) in [7, 11) is -4.03. The number of halogens is 1. The zero-order chi connectivity index (χ0) is 21.6. The fraction of sp³-hybridized carbons (Fsp3) is 0.429. The monoisotopic (exact) mass is 479 g/mol. The smallest absolute Gasteiger partial charge is 0.333 e. The number of aliphatic hydroxyl groups is 1. The first-order valence-electron chi connectivity index (χ1n) is 10.4. The molecule has 5 rings (SSSR count). The number of aliphatic hydroxyl groups excluding tert-OH is 1. The van der Waals surface area contributed by atoms with E-state index in [4.69, 9.17) is 9.32 Å². The van der Waals surface area contributed by atoms with Gasteiger partial charge in [-0.3, -0.25) is 4.18 Å². The summed E-state index contributed by atoms with van der Waals surface area (Å²) in [4.78, 5) is 8.97. The molecular weight excluding hydrogens is 454 g/mol. The molecule has 0 amide bonds. The Labute approximate surface area is 192 Å². The number of nitrogens with one attached hydrogen (secondary N) is 1. The van der Waals surface area contributed by atoms with Crippen molar-refractivity contribution in [1.82, 2.24) is 14.5 Å². The maximum atomic E-state index is 11.1. The standard InChI is InChI=1S/C21H25N5O4S.ClH/c22-31(28,29)30-11-14-9-15(10-19(14)27)26-8-7-17-20(23-12-24-21(17)26)25-18-6-5-13-3-1-2-4-16(13)18;/h1-4,7-8,12,14-15,18-19,27H,5-6,9-11H2,(H2,22,28,29)(H,23,24,25);1H/t14-,15+,18-,19-;/m0./s1. The average Bonchev–Trinajstić information content (AvgIpc) is 3.43. The average molecular weight is 480 g/mol. The van der Waals surface area contributed by atoms with E-state index in [9.17, 15) is 13.5 Å². The Morgan fingerprint density at radius 1 is 1.22 bits per heavy atom. The summed E-state index contributed by atoms with van der Waals surface area (Å²) in [6.45, 7) is -0.126. The van der Waals surface area contributed by atoms with E-state index in [1.54, 1.807) is 6.33 Å². The van der Waals surface area contributed by atoms with Gasteiger partial charge in [-0.15, -0.1) is 12.4 Å². The minimum atomic E-state index is -4.03. The second kappa shape index (κ2) is 8.95. The number of anilines is 1. The minimum Gasteiger partial charge on any atom is -0.393 e. The van der Waals surface area contributed by atoms with Crippen LogP contribution in [0.4, 0.5) is 5.82 Å². The number of aryl methyl sites for hydroxylation is 1. The molecule has 0 aliphatic heterocycles. The van der Waals surface area contributed by atoms with Gasteiger partial charge < -0.3 is 15.0 Å². The van der Waals surface area contributed by atoms with Crippen LogP contribution in [0.1, 0.15) is 42.5 Å². The predicted molar refractivity (Wildman–Crippen MR) is 123 cm³/mol. The van der Waals surface area contributed by atoms with Gasteiger partial charge in [-0.05, 0) is 42.9 Å². The van der Waals surface area contributed by atoms with Crippen molar-refractivity contribution in [2.45, 2.75) is 43.9 Å². The van der Waals surface area contributed by atoms with Gasteiger partial charge in [0.1, 0.15) is 17.8 Å². The van der Waals surface area contributed by atoms with Crippen LogP contribution < -0.4 is 10.5 Å². The number of hydrogen-bond donors (Lipinski definition) is 3. The molecule has 0 radical (unpaired) electrons. The maximum absolute atomic E-state index is 11.1. The number of hydrogen-bond acceptors (Lipinski definition) is 7. The summed E-state index contributed by atoms with van der Waals surface area (Å²) in [5, 5.41) is 19.8. The highest BCUT2D eigenvalue weighted by Crippen LogP contribution is 2.39. The number of benzene rings is 1. The van der Waals surface area contributed by atoms with E-state index in [1.807, 2.05) is 16.8 Å². The van der Waals surface area contributed by atoms with Crippen molar-refractivity contribution in [3.63, 3.8) is 0 Å². The molecule has 2 aliphatic carbocycles. The van der Waals surface area contributed by atoms with Crippen LogP contribution >= 0.6 is 12.4 Å². The number of fused-ring (bicyclic) bond motifs is 2. The molecule has 32 heavy (non-hydrogen) atoms. The van der Waals surface area contributed by atoms with E-state index in [1.165, 1.54) is 11.1 Å². The Bertz CT molecular complexity index is 1220. The third kappa shape index (κ3) is 4.46. The fourth-order valence-corrected chi connectivity index (χ4v) is 5.28. The van der Waals surface area contributed by atoms with Crippen LogP contribution in [0.2, 0.25) is 0 Å². The first kappa shape index (κ1) is 22.9. The van der Waals surface area contributed by atoms with Crippen LogP contribution in [0.25, 0.3) is 11.0 Å². The Kier molecular flexibility index (Phi) is 6.42.